The van der Waals surface area contributed by atoms with E-state index in [1.165, 1.54) is 11.1 Å². The van der Waals surface area contributed by atoms with E-state index in [2.05, 4.69) is 38.2 Å². The molecule has 0 spiro atoms. The lowest BCUT2D eigenvalue weighted by Crippen LogP contribution is -2.29. The fourth-order valence-corrected chi connectivity index (χ4v) is 2.11. The average molecular weight is 268 g/mol. The van der Waals surface area contributed by atoms with Gasteiger partial charge in [0.2, 0.25) is 5.91 Å². The van der Waals surface area contributed by atoms with Crippen molar-refractivity contribution < 1.29 is 4.79 Å². The van der Waals surface area contributed by atoms with E-state index in [0.717, 1.165) is 12.0 Å². The Bertz CT molecular complexity index is 403. The van der Waals surface area contributed by atoms with Crippen LogP contribution in [0.1, 0.15) is 30.0 Å². The van der Waals surface area contributed by atoms with Crippen LogP contribution < -0.4 is 5.32 Å². The van der Waals surface area contributed by atoms with Crippen molar-refractivity contribution in [2.75, 3.05) is 12.4 Å². The highest BCUT2D eigenvalue weighted by molar-refractivity contribution is 6.17. The van der Waals surface area contributed by atoms with Crippen molar-refractivity contribution in [3.05, 3.63) is 34.9 Å². The first-order valence-corrected chi connectivity index (χ1v) is 6.95. The molecule has 3 heteroatoms. The molecule has 0 aliphatic carbocycles. The molecule has 0 bridgehead atoms. The Labute approximate surface area is 115 Å². The zero-order valence-corrected chi connectivity index (χ0v) is 12.2. The summed E-state index contributed by atoms with van der Waals surface area (Å²) in [6.45, 7) is 6.95. The molecule has 1 aromatic carbocycles. The van der Waals surface area contributed by atoms with Crippen LogP contribution in [0.3, 0.4) is 0 Å². The molecule has 1 rings (SSSR count). The van der Waals surface area contributed by atoms with Crippen LogP contribution in [-0.2, 0) is 11.2 Å². The van der Waals surface area contributed by atoms with Gasteiger partial charge in [0.25, 0.3) is 0 Å². The first-order chi connectivity index (χ1) is 8.52. The number of halogens is 1. The molecule has 0 saturated carbocycles. The largest absolute Gasteiger partial charge is 0.356 e. The Morgan fingerprint density at radius 1 is 1.33 bits per heavy atom. The summed E-state index contributed by atoms with van der Waals surface area (Å²) in [7, 11) is 0. The number of hydrogen-bond acceptors (Lipinski definition) is 1. The zero-order valence-electron chi connectivity index (χ0n) is 11.4. The minimum atomic E-state index is 0.0830. The second-order valence-electron chi connectivity index (χ2n) is 4.98. The van der Waals surface area contributed by atoms with Crippen molar-refractivity contribution in [3.63, 3.8) is 0 Å². The molecule has 1 atom stereocenters. The summed E-state index contributed by atoms with van der Waals surface area (Å²) in [4.78, 5) is 11.8. The zero-order chi connectivity index (χ0) is 13.5. The smallest absolute Gasteiger partial charge is 0.224 e. The van der Waals surface area contributed by atoms with Crippen LogP contribution in [0.4, 0.5) is 0 Å². The van der Waals surface area contributed by atoms with Gasteiger partial charge < -0.3 is 5.32 Å². The van der Waals surface area contributed by atoms with E-state index in [0.29, 0.717) is 24.8 Å². The van der Waals surface area contributed by atoms with E-state index in [1.807, 2.05) is 6.07 Å². The van der Waals surface area contributed by atoms with Crippen molar-refractivity contribution >= 4 is 17.5 Å². The number of nitrogens with one attached hydrogen (secondary N) is 1. The summed E-state index contributed by atoms with van der Waals surface area (Å²) in [6, 6.07) is 6.16. The number of aryl methyl sites for hydroxylation is 2. The molecule has 0 heterocycles. The number of rotatable bonds is 6. The molecule has 1 amide bonds. The molecule has 0 saturated heterocycles. The minimum absolute atomic E-state index is 0.0830. The Balaban J connectivity index is 2.42. The molecule has 0 aliphatic rings. The Hall–Kier alpha value is -1.02. The molecule has 2 nitrogen and oxygen atoms in total. The number of hydrogen-bond donors (Lipinski definition) is 1. The maximum absolute atomic E-state index is 11.8. The predicted octanol–water partition coefficient (Wildman–Crippen LogP) is 3.23. The summed E-state index contributed by atoms with van der Waals surface area (Å²) < 4.78 is 0. The molecule has 0 radical (unpaired) electrons. The Kier molecular flexibility index (Phi) is 6.20. The van der Waals surface area contributed by atoms with Gasteiger partial charge >= 0.3 is 0 Å². The van der Waals surface area contributed by atoms with Crippen molar-refractivity contribution in [2.45, 2.75) is 33.6 Å². The molecule has 18 heavy (non-hydrogen) atoms. The summed E-state index contributed by atoms with van der Waals surface area (Å²) >= 11 is 5.66. The summed E-state index contributed by atoms with van der Waals surface area (Å²) in [5, 5.41) is 2.95. The predicted molar refractivity (Wildman–Crippen MR) is 77.1 cm³/mol. The topological polar surface area (TPSA) is 29.1 Å². The molecule has 0 aromatic heterocycles. The first kappa shape index (κ1) is 15.0. The molecule has 100 valence electrons. The van der Waals surface area contributed by atoms with Crippen molar-refractivity contribution in [1.82, 2.24) is 5.32 Å². The van der Waals surface area contributed by atoms with E-state index in [4.69, 9.17) is 11.6 Å². The van der Waals surface area contributed by atoms with Gasteiger partial charge in [-0.3, -0.25) is 4.79 Å². The number of benzene rings is 1. The van der Waals surface area contributed by atoms with Gasteiger partial charge in [0.15, 0.2) is 0 Å². The van der Waals surface area contributed by atoms with Crippen molar-refractivity contribution in [1.29, 1.82) is 0 Å². The average Bonchev–Trinajstić information content (AvgIpc) is 2.32. The second-order valence-corrected chi connectivity index (χ2v) is 5.36. The SMILES string of the molecule is Cc1ccc(CC(=O)NCC(C)CCCl)cc1C. The molecule has 1 aromatic rings. The van der Waals surface area contributed by atoms with Gasteiger partial charge in [-0.25, -0.2) is 0 Å². The number of carbonyl (C=O) groups excluding carboxylic acids is 1. The van der Waals surface area contributed by atoms with E-state index >= 15 is 0 Å². The van der Waals surface area contributed by atoms with Crippen LogP contribution in [0.15, 0.2) is 18.2 Å². The van der Waals surface area contributed by atoms with Crippen LogP contribution in [0.25, 0.3) is 0 Å². The highest BCUT2D eigenvalue weighted by atomic mass is 35.5. The summed E-state index contributed by atoms with van der Waals surface area (Å²) in [5.74, 6) is 1.17. The van der Waals surface area contributed by atoms with Gasteiger partial charge in [-0.2, -0.15) is 0 Å². The van der Waals surface area contributed by atoms with Crippen molar-refractivity contribution in [3.8, 4) is 0 Å². The first-order valence-electron chi connectivity index (χ1n) is 6.41. The molecule has 1 N–H and O–H groups in total. The lowest BCUT2D eigenvalue weighted by Gasteiger charge is -2.11. The number of alkyl halides is 1. The fraction of sp³-hybridized carbons (Fsp3) is 0.533. The summed E-state index contributed by atoms with van der Waals surface area (Å²) in [6.07, 6.45) is 1.39. The standard InChI is InChI=1S/C15H22ClNO/c1-11(6-7-16)10-17-15(18)9-14-5-4-12(2)13(3)8-14/h4-5,8,11H,6-7,9-10H2,1-3H3,(H,17,18). The molecular weight excluding hydrogens is 246 g/mol. The highest BCUT2D eigenvalue weighted by Crippen LogP contribution is 2.10. The molecule has 1 unspecified atom stereocenters. The second kappa shape index (κ2) is 7.42. The van der Waals surface area contributed by atoms with Gasteiger partial charge in [0.05, 0.1) is 6.42 Å². The quantitative estimate of drug-likeness (QED) is 0.788. The Morgan fingerprint density at radius 2 is 2.06 bits per heavy atom. The lowest BCUT2D eigenvalue weighted by molar-refractivity contribution is -0.120. The van der Waals surface area contributed by atoms with Crippen LogP contribution in [0, 0.1) is 19.8 Å². The number of carbonyl (C=O) groups is 1. The van der Waals surface area contributed by atoms with Crippen LogP contribution in [-0.4, -0.2) is 18.3 Å². The third-order valence-electron chi connectivity index (χ3n) is 3.19. The number of amides is 1. The van der Waals surface area contributed by atoms with Gasteiger partial charge in [-0.1, -0.05) is 25.1 Å². The maximum Gasteiger partial charge on any atom is 0.224 e. The van der Waals surface area contributed by atoms with Gasteiger partial charge in [-0.05, 0) is 42.9 Å². The van der Waals surface area contributed by atoms with E-state index in [-0.39, 0.29) is 5.91 Å². The van der Waals surface area contributed by atoms with Gasteiger partial charge in [0, 0.05) is 12.4 Å². The normalized spacial score (nSPS) is 12.2. The lowest BCUT2D eigenvalue weighted by atomic mass is 10.0. The third kappa shape index (κ3) is 5.09. The van der Waals surface area contributed by atoms with Gasteiger partial charge in [-0.15, -0.1) is 11.6 Å². The van der Waals surface area contributed by atoms with Gasteiger partial charge in [0.1, 0.15) is 0 Å². The van der Waals surface area contributed by atoms with E-state index in [1.54, 1.807) is 0 Å². The fourth-order valence-electron chi connectivity index (χ4n) is 1.74. The van der Waals surface area contributed by atoms with Crippen LogP contribution in [0.5, 0.6) is 0 Å². The summed E-state index contributed by atoms with van der Waals surface area (Å²) in [5.41, 5.74) is 3.56. The highest BCUT2D eigenvalue weighted by Gasteiger charge is 2.06. The minimum Gasteiger partial charge on any atom is -0.356 e. The van der Waals surface area contributed by atoms with E-state index in [9.17, 15) is 4.79 Å². The van der Waals surface area contributed by atoms with Crippen LogP contribution >= 0.6 is 11.6 Å². The molecular formula is C15H22ClNO. The maximum atomic E-state index is 11.8. The monoisotopic (exact) mass is 267 g/mol. The van der Waals surface area contributed by atoms with E-state index < -0.39 is 0 Å². The van der Waals surface area contributed by atoms with Crippen molar-refractivity contribution in [2.24, 2.45) is 5.92 Å². The van der Waals surface area contributed by atoms with Crippen LogP contribution in [0.2, 0.25) is 0 Å². The third-order valence-corrected chi connectivity index (χ3v) is 3.40. The Morgan fingerprint density at radius 3 is 2.67 bits per heavy atom. The molecule has 0 fully saturated rings. The molecule has 0 aliphatic heterocycles.